The third-order valence-electron chi connectivity index (χ3n) is 3.58. The van der Waals surface area contributed by atoms with Crippen LogP contribution < -0.4 is 0 Å². The lowest BCUT2D eigenvalue weighted by molar-refractivity contribution is -0.0416. The number of carbonyl (C=O) groups excluding carboxylic acids is 2. The molecule has 0 bridgehead atoms. The molecule has 1 aromatic carbocycles. The highest BCUT2D eigenvalue weighted by Gasteiger charge is 2.48. The number of ether oxygens (including phenoxy) is 3. The average molecular weight is 278 g/mol. The maximum absolute atomic E-state index is 12.1. The van der Waals surface area contributed by atoms with E-state index in [1.807, 2.05) is 0 Å². The summed E-state index contributed by atoms with van der Waals surface area (Å²) in [5.74, 6) is -1.19. The molecule has 0 radical (unpaired) electrons. The van der Waals surface area contributed by atoms with Crippen LogP contribution in [0.25, 0.3) is 0 Å². The molecule has 1 aromatic rings. The van der Waals surface area contributed by atoms with Crippen LogP contribution in [0.2, 0.25) is 0 Å². The van der Waals surface area contributed by atoms with Gasteiger partial charge in [-0.2, -0.15) is 0 Å². The molecule has 20 heavy (non-hydrogen) atoms. The van der Waals surface area contributed by atoms with E-state index in [9.17, 15) is 14.7 Å². The van der Waals surface area contributed by atoms with Crippen LogP contribution in [0.1, 0.15) is 27.6 Å². The van der Waals surface area contributed by atoms with Crippen molar-refractivity contribution in [2.45, 2.75) is 31.3 Å². The van der Waals surface area contributed by atoms with Crippen LogP contribution in [0.5, 0.6) is 0 Å². The summed E-state index contributed by atoms with van der Waals surface area (Å²) in [5, 5.41) is 9.28. The molecule has 1 saturated heterocycles. The Labute approximate surface area is 115 Å². The number of hydrogen-bond donors (Lipinski definition) is 1. The number of esters is 2. The lowest BCUT2D eigenvalue weighted by Gasteiger charge is -2.26. The van der Waals surface area contributed by atoms with E-state index in [4.69, 9.17) is 14.2 Å². The minimum absolute atomic E-state index is 0.159. The van der Waals surface area contributed by atoms with Crippen LogP contribution >= 0.6 is 0 Å². The number of benzene rings is 1. The van der Waals surface area contributed by atoms with Gasteiger partial charge in [-0.25, -0.2) is 9.59 Å². The number of aliphatic hydroxyl groups excluding tert-OH is 1. The summed E-state index contributed by atoms with van der Waals surface area (Å²) in [6.07, 6.45) is -2.63. The van der Waals surface area contributed by atoms with Gasteiger partial charge in [0.1, 0.15) is 6.10 Å². The van der Waals surface area contributed by atoms with Gasteiger partial charge in [0.15, 0.2) is 12.2 Å². The van der Waals surface area contributed by atoms with Gasteiger partial charge < -0.3 is 19.3 Å². The van der Waals surface area contributed by atoms with Crippen molar-refractivity contribution in [3.05, 3.63) is 35.4 Å². The summed E-state index contributed by atoms with van der Waals surface area (Å²) in [6, 6.07) is 6.32. The van der Waals surface area contributed by atoms with Gasteiger partial charge in [0.05, 0.1) is 23.8 Å². The molecule has 2 aliphatic heterocycles. The zero-order valence-corrected chi connectivity index (χ0v) is 10.8. The van der Waals surface area contributed by atoms with Crippen molar-refractivity contribution in [3.8, 4) is 0 Å². The molecule has 2 heterocycles. The lowest BCUT2D eigenvalue weighted by Crippen LogP contribution is -2.42. The fourth-order valence-corrected chi connectivity index (χ4v) is 2.58. The molecule has 0 saturated carbocycles. The smallest absolute Gasteiger partial charge is 0.339 e. The number of fused-ring (bicyclic) bond motifs is 2. The second-order valence-electron chi connectivity index (χ2n) is 4.85. The Bertz CT molecular complexity index is 554. The first-order valence-electron chi connectivity index (χ1n) is 6.39. The molecule has 0 spiro atoms. The van der Waals surface area contributed by atoms with Crippen molar-refractivity contribution in [1.29, 1.82) is 0 Å². The predicted octanol–water partition coefficient (Wildman–Crippen LogP) is 0.531. The average Bonchev–Trinajstić information content (AvgIpc) is 2.74. The zero-order chi connectivity index (χ0) is 14.3. The van der Waals surface area contributed by atoms with E-state index in [0.717, 1.165) is 0 Å². The summed E-state index contributed by atoms with van der Waals surface area (Å²) in [6.45, 7) is 1.40. The molecule has 106 valence electrons. The van der Waals surface area contributed by atoms with E-state index < -0.39 is 36.4 Å². The van der Waals surface area contributed by atoms with Crippen LogP contribution in [-0.4, -0.2) is 48.1 Å². The number of rotatable bonds is 1. The topological polar surface area (TPSA) is 82.1 Å². The maximum Gasteiger partial charge on any atom is 0.339 e. The molecule has 6 nitrogen and oxygen atoms in total. The SMILES string of the molecule is C[C@@H]1O[C@H](CO)[C@H]2OC(=O)c3ccccc3C(=O)O[C@H]21. The van der Waals surface area contributed by atoms with Crippen molar-refractivity contribution in [2.75, 3.05) is 6.61 Å². The van der Waals surface area contributed by atoms with Gasteiger partial charge in [0.25, 0.3) is 0 Å². The summed E-state index contributed by atoms with van der Waals surface area (Å²) < 4.78 is 16.2. The number of carbonyl (C=O) groups is 2. The Hall–Kier alpha value is -1.92. The molecular formula is C14H14O6. The van der Waals surface area contributed by atoms with Gasteiger partial charge in [-0.3, -0.25) is 0 Å². The quantitative estimate of drug-likeness (QED) is 0.755. The van der Waals surface area contributed by atoms with E-state index in [2.05, 4.69) is 0 Å². The Morgan fingerprint density at radius 2 is 1.60 bits per heavy atom. The van der Waals surface area contributed by atoms with Gasteiger partial charge in [-0.1, -0.05) is 12.1 Å². The highest BCUT2D eigenvalue weighted by atomic mass is 16.6. The van der Waals surface area contributed by atoms with Crippen LogP contribution in [0.3, 0.4) is 0 Å². The van der Waals surface area contributed by atoms with E-state index in [1.165, 1.54) is 12.1 Å². The normalized spacial score (nSPS) is 32.5. The van der Waals surface area contributed by atoms with Crippen molar-refractivity contribution < 1.29 is 28.9 Å². The molecule has 0 aromatic heterocycles. The number of aliphatic hydroxyl groups is 1. The number of hydrogen-bond acceptors (Lipinski definition) is 6. The van der Waals surface area contributed by atoms with Crippen LogP contribution in [0.15, 0.2) is 24.3 Å². The third-order valence-corrected chi connectivity index (χ3v) is 3.58. The zero-order valence-electron chi connectivity index (χ0n) is 10.8. The monoisotopic (exact) mass is 278 g/mol. The van der Waals surface area contributed by atoms with Gasteiger partial charge in [0.2, 0.25) is 0 Å². The van der Waals surface area contributed by atoms with E-state index in [1.54, 1.807) is 19.1 Å². The lowest BCUT2D eigenvalue weighted by atomic mass is 10.0. The van der Waals surface area contributed by atoms with Crippen LogP contribution in [-0.2, 0) is 14.2 Å². The summed E-state index contributed by atoms with van der Waals surface area (Å²) in [4.78, 5) is 24.3. The first kappa shape index (κ1) is 13.1. The van der Waals surface area contributed by atoms with Crippen LogP contribution in [0.4, 0.5) is 0 Å². The van der Waals surface area contributed by atoms with Crippen molar-refractivity contribution in [3.63, 3.8) is 0 Å². The van der Waals surface area contributed by atoms with Crippen molar-refractivity contribution >= 4 is 11.9 Å². The first-order valence-corrected chi connectivity index (χ1v) is 6.39. The Morgan fingerprint density at radius 3 is 2.15 bits per heavy atom. The fourth-order valence-electron chi connectivity index (χ4n) is 2.58. The molecule has 0 aliphatic carbocycles. The molecule has 4 atom stereocenters. The van der Waals surface area contributed by atoms with Gasteiger partial charge in [-0.15, -0.1) is 0 Å². The first-order chi connectivity index (χ1) is 9.61. The van der Waals surface area contributed by atoms with Crippen LogP contribution in [0, 0.1) is 0 Å². The minimum Gasteiger partial charge on any atom is -0.452 e. The second-order valence-corrected chi connectivity index (χ2v) is 4.85. The largest absolute Gasteiger partial charge is 0.452 e. The molecule has 3 rings (SSSR count). The van der Waals surface area contributed by atoms with Crippen molar-refractivity contribution in [1.82, 2.24) is 0 Å². The molecule has 1 fully saturated rings. The van der Waals surface area contributed by atoms with E-state index in [-0.39, 0.29) is 17.7 Å². The Balaban J connectivity index is 2.01. The summed E-state index contributed by atoms with van der Waals surface area (Å²) in [7, 11) is 0. The Morgan fingerprint density at radius 1 is 1.05 bits per heavy atom. The Kier molecular flexibility index (Phi) is 3.19. The fraction of sp³-hybridized carbons (Fsp3) is 0.429. The second kappa shape index (κ2) is 4.88. The van der Waals surface area contributed by atoms with Gasteiger partial charge in [-0.05, 0) is 19.1 Å². The minimum atomic E-state index is -0.792. The maximum atomic E-state index is 12.1. The van der Waals surface area contributed by atoms with E-state index >= 15 is 0 Å². The molecule has 0 unspecified atom stereocenters. The van der Waals surface area contributed by atoms with Crippen molar-refractivity contribution in [2.24, 2.45) is 0 Å². The standard InChI is InChI=1S/C14H14O6/c1-7-11-12(10(6-15)18-7)20-14(17)9-5-3-2-4-8(9)13(16)19-11/h2-5,7,10-12,15H,6H2,1H3/t7-,10+,11-,12+/m0/s1. The molecular weight excluding hydrogens is 264 g/mol. The molecule has 6 heteroatoms. The highest BCUT2D eigenvalue weighted by Crippen LogP contribution is 2.30. The highest BCUT2D eigenvalue weighted by molar-refractivity contribution is 6.03. The third kappa shape index (κ3) is 1.97. The summed E-state index contributed by atoms with van der Waals surface area (Å²) >= 11 is 0. The van der Waals surface area contributed by atoms with Gasteiger partial charge >= 0.3 is 11.9 Å². The molecule has 1 N–H and O–H groups in total. The van der Waals surface area contributed by atoms with E-state index in [0.29, 0.717) is 0 Å². The van der Waals surface area contributed by atoms with Gasteiger partial charge in [0, 0.05) is 0 Å². The molecule has 0 amide bonds. The predicted molar refractivity (Wildman–Crippen MR) is 66.3 cm³/mol. The summed E-state index contributed by atoms with van der Waals surface area (Å²) in [5.41, 5.74) is 0.336. The molecule has 2 aliphatic rings.